The van der Waals surface area contributed by atoms with E-state index in [0.29, 0.717) is 6.08 Å². The molecule has 1 unspecified atom stereocenters. The minimum absolute atomic E-state index is 0.0530. The third-order valence-electron chi connectivity index (χ3n) is 2.46. The molecule has 0 bridgehead atoms. The molecule has 0 saturated heterocycles. The molecule has 5 nitrogen and oxygen atoms in total. The van der Waals surface area contributed by atoms with E-state index in [-0.39, 0.29) is 19.0 Å². The van der Waals surface area contributed by atoms with Gasteiger partial charge in [-0.15, -0.1) is 0 Å². The van der Waals surface area contributed by atoms with Crippen LogP contribution in [-0.4, -0.2) is 29.8 Å². The Kier molecular flexibility index (Phi) is 5.81. The molecule has 0 saturated carbocycles. The van der Waals surface area contributed by atoms with Crippen molar-refractivity contribution >= 4 is 13.7 Å². The van der Waals surface area contributed by atoms with Crippen LogP contribution in [0.3, 0.4) is 0 Å². The van der Waals surface area contributed by atoms with Crippen LogP contribution < -0.4 is 0 Å². The smallest absolute Gasteiger partial charge is 0.432 e. The van der Waals surface area contributed by atoms with Gasteiger partial charge in [-0.3, -0.25) is 4.57 Å². The van der Waals surface area contributed by atoms with E-state index in [0.717, 1.165) is 6.08 Å². The summed E-state index contributed by atoms with van der Waals surface area (Å²) in [6.45, 7) is 2.06. The van der Waals surface area contributed by atoms with Crippen LogP contribution in [0.1, 0.15) is 19.6 Å². The SMILES string of the molecule is CCOP(=O)(OCC)C(O)(/C=C/c1ccco1)C(F)(F)F. The Balaban J connectivity index is 3.28. The highest BCUT2D eigenvalue weighted by Crippen LogP contribution is 2.65. The van der Waals surface area contributed by atoms with E-state index in [2.05, 4.69) is 9.05 Å². The first-order chi connectivity index (χ1) is 9.70. The van der Waals surface area contributed by atoms with E-state index in [1.54, 1.807) is 0 Å². The third-order valence-corrected chi connectivity index (χ3v) is 4.89. The van der Waals surface area contributed by atoms with Crippen molar-refractivity contribution < 1.29 is 36.3 Å². The monoisotopic (exact) mass is 328 g/mol. The number of alkyl halides is 3. The number of rotatable bonds is 7. The van der Waals surface area contributed by atoms with Gasteiger partial charge in [0.15, 0.2) is 0 Å². The number of hydrogen-bond acceptors (Lipinski definition) is 5. The zero-order chi connectivity index (χ0) is 16.1. The van der Waals surface area contributed by atoms with E-state index in [4.69, 9.17) is 4.42 Å². The molecular formula is C12H16F3O5P. The van der Waals surface area contributed by atoms with Crippen molar-refractivity contribution in [3.8, 4) is 0 Å². The van der Waals surface area contributed by atoms with Gasteiger partial charge in [-0.2, -0.15) is 13.2 Å². The predicted molar refractivity (Wildman–Crippen MR) is 69.6 cm³/mol. The van der Waals surface area contributed by atoms with Gasteiger partial charge in [-0.1, -0.05) is 0 Å². The molecule has 1 N–H and O–H groups in total. The topological polar surface area (TPSA) is 68.9 Å². The largest absolute Gasteiger partial charge is 0.465 e. The Hall–Kier alpha value is -1.08. The van der Waals surface area contributed by atoms with Crippen molar-refractivity contribution in [2.45, 2.75) is 25.4 Å². The van der Waals surface area contributed by atoms with Gasteiger partial charge in [0, 0.05) is 0 Å². The lowest BCUT2D eigenvalue weighted by Crippen LogP contribution is -2.44. The summed E-state index contributed by atoms with van der Waals surface area (Å²) >= 11 is 0. The first kappa shape index (κ1) is 18.0. The molecular weight excluding hydrogens is 312 g/mol. The zero-order valence-corrected chi connectivity index (χ0v) is 12.4. The summed E-state index contributed by atoms with van der Waals surface area (Å²) in [7, 11) is -4.88. The normalized spacial score (nSPS) is 16.3. The Morgan fingerprint density at radius 3 is 2.29 bits per heavy atom. The minimum atomic E-state index is -5.25. The highest BCUT2D eigenvalue weighted by Gasteiger charge is 2.66. The van der Waals surface area contributed by atoms with Gasteiger partial charge in [0.05, 0.1) is 19.5 Å². The van der Waals surface area contributed by atoms with Crippen molar-refractivity contribution in [3.05, 3.63) is 30.2 Å². The Labute approximate surface area is 119 Å². The molecule has 1 atom stereocenters. The first-order valence-corrected chi connectivity index (χ1v) is 7.65. The molecule has 9 heteroatoms. The van der Waals surface area contributed by atoms with Crippen LogP contribution in [0.5, 0.6) is 0 Å². The summed E-state index contributed by atoms with van der Waals surface area (Å²) in [6.07, 6.45) is -2.83. The van der Waals surface area contributed by atoms with Gasteiger partial charge >= 0.3 is 13.8 Å². The summed E-state index contributed by atoms with van der Waals surface area (Å²) < 4.78 is 66.0. The van der Waals surface area contributed by atoms with Gasteiger partial charge in [-0.25, -0.2) is 0 Å². The van der Waals surface area contributed by atoms with Crippen molar-refractivity contribution in [3.63, 3.8) is 0 Å². The molecule has 0 spiro atoms. The van der Waals surface area contributed by atoms with Crippen LogP contribution in [0.25, 0.3) is 6.08 Å². The van der Waals surface area contributed by atoms with E-state index in [9.17, 15) is 22.8 Å². The highest BCUT2D eigenvalue weighted by atomic mass is 31.2. The van der Waals surface area contributed by atoms with E-state index < -0.39 is 19.1 Å². The second-order valence-electron chi connectivity index (χ2n) is 3.91. The lowest BCUT2D eigenvalue weighted by atomic mass is 10.3. The van der Waals surface area contributed by atoms with Gasteiger partial charge in [0.25, 0.3) is 5.34 Å². The molecule has 21 heavy (non-hydrogen) atoms. The van der Waals surface area contributed by atoms with Gasteiger partial charge < -0.3 is 18.6 Å². The van der Waals surface area contributed by atoms with Crippen molar-refractivity contribution in [1.82, 2.24) is 0 Å². The zero-order valence-electron chi connectivity index (χ0n) is 11.5. The van der Waals surface area contributed by atoms with Crippen molar-refractivity contribution in [2.75, 3.05) is 13.2 Å². The molecule has 0 aliphatic carbocycles. The molecule has 1 rings (SSSR count). The first-order valence-electron chi connectivity index (χ1n) is 6.11. The average Bonchev–Trinajstić information content (AvgIpc) is 2.88. The summed E-state index contributed by atoms with van der Waals surface area (Å²) in [4.78, 5) is 0. The minimum Gasteiger partial charge on any atom is -0.465 e. The Morgan fingerprint density at radius 2 is 1.90 bits per heavy atom. The maximum atomic E-state index is 13.2. The molecule has 0 aliphatic heterocycles. The van der Waals surface area contributed by atoms with Crippen LogP contribution in [0.4, 0.5) is 13.2 Å². The quantitative estimate of drug-likeness (QED) is 0.771. The summed E-state index contributed by atoms with van der Waals surface area (Å²) in [5.41, 5.74) is 0. The van der Waals surface area contributed by atoms with Crippen LogP contribution in [0.15, 0.2) is 28.9 Å². The summed E-state index contributed by atoms with van der Waals surface area (Å²) in [5.74, 6) is 0.0530. The maximum absolute atomic E-state index is 13.2. The molecule has 120 valence electrons. The van der Waals surface area contributed by atoms with Crippen LogP contribution in [0, 0.1) is 0 Å². The van der Waals surface area contributed by atoms with Gasteiger partial charge in [-0.05, 0) is 38.1 Å². The summed E-state index contributed by atoms with van der Waals surface area (Å²) in [6, 6.07) is 2.83. The number of hydrogen-bond donors (Lipinski definition) is 1. The average molecular weight is 328 g/mol. The number of furan rings is 1. The van der Waals surface area contributed by atoms with Crippen molar-refractivity contribution in [1.29, 1.82) is 0 Å². The maximum Gasteiger partial charge on any atom is 0.432 e. The molecule has 1 aromatic rings. The Morgan fingerprint density at radius 1 is 1.33 bits per heavy atom. The standard InChI is InChI=1S/C12H16F3O5P/c1-3-19-21(17,20-4-2)11(16,12(13,14)15)8-7-10-6-5-9-18-10/h5-9,16H,3-4H2,1-2H3/b8-7+. The fourth-order valence-corrected chi connectivity index (χ4v) is 3.22. The third kappa shape index (κ3) is 3.77. The van der Waals surface area contributed by atoms with Crippen LogP contribution in [0.2, 0.25) is 0 Å². The fourth-order valence-electron chi connectivity index (χ4n) is 1.50. The molecule has 0 aromatic carbocycles. The van der Waals surface area contributed by atoms with Crippen molar-refractivity contribution in [2.24, 2.45) is 0 Å². The molecule has 0 radical (unpaired) electrons. The second-order valence-corrected chi connectivity index (χ2v) is 6.10. The summed E-state index contributed by atoms with van der Waals surface area (Å²) in [5, 5.41) is 6.20. The lowest BCUT2D eigenvalue weighted by Gasteiger charge is -2.33. The molecule has 0 fully saturated rings. The van der Waals surface area contributed by atoms with E-state index >= 15 is 0 Å². The number of halogens is 3. The van der Waals surface area contributed by atoms with E-state index in [1.165, 1.54) is 32.2 Å². The van der Waals surface area contributed by atoms with E-state index in [1.807, 2.05) is 0 Å². The predicted octanol–water partition coefficient (Wildman–Crippen LogP) is 3.81. The number of aliphatic hydroxyl groups is 1. The van der Waals surface area contributed by atoms with Gasteiger partial charge in [0.2, 0.25) is 0 Å². The fraction of sp³-hybridized carbons (Fsp3) is 0.500. The highest BCUT2D eigenvalue weighted by molar-refractivity contribution is 7.55. The van der Waals surface area contributed by atoms with Crippen LogP contribution >= 0.6 is 7.60 Å². The second kappa shape index (κ2) is 6.79. The molecule has 1 heterocycles. The molecule has 0 aliphatic rings. The lowest BCUT2D eigenvalue weighted by molar-refractivity contribution is -0.213. The van der Waals surface area contributed by atoms with Gasteiger partial charge in [0.1, 0.15) is 5.76 Å². The molecule has 0 amide bonds. The van der Waals surface area contributed by atoms with Crippen LogP contribution in [-0.2, 0) is 13.6 Å². The Bertz CT molecular complexity index is 501. The molecule has 1 aromatic heterocycles.